The summed E-state index contributed by atoms with van der Waals surface area (Å²) in [5.41, 5.74) is -2.13. The number of alkyl halides is 3. The monoisotopic (exact) mass is 236 g/mol. The molecule has 0 heterocycles. The second kappa shape index (κ2) is 4.11. The Morgan fingerprint density at radius 3 is 2.38 bits per heavy atom. The van der Waals surface area contributed by atoms with Gasteiger partial charge in [-0.3, -0.25) is 4.79 Å². The van der Waals surface area contributed by atoms with Crippen LogP contribution in [-0.4, -0.2) is 11.1 Å². The van der Waals surface area contributed by atoms with E-state index >= 15 is 0 Å². The molecule has 0 aromatic heterocycles. The van der Waals surface area contributed by atoms with E-state index in [1.54, 1.807) is 0 Å². The molecule has 0 radical (unpaired) electrons. The lowest BCUT2D eigenvalue weighted by atomic mass is 10.0. The molecule has 0 aliphatic rings. The Bertz CT molecular complexity index is 424. The molecule has 0 aliphatic heterocycles. The van der Waals surface area contributed by atoms with E-state index in [1.807, 2.05) is 0 Å². The molecule has 88 valence electrons. The fourth-order valence-electron chi connectivity index (χ4n) is 1.36. The van der Waals surface area contributed by atoms with Crippen molar-refractivity contribution in [2.75, 3.05) is 0 Å². The van der Waals surface area contributed by atoms with Gasteiger partial charge in [-0.25, -0.2) is 4.39 Å². The molecule has 0 fully saturated rings. The normalized spacial score (nSPS) is 11.6. The van der Waals surface area contributed by atoms with E-state index < -0.39 is 35.5 Å². The van der Waals surface area contributed by atoms with Gasteiger partial charge in [-0.15, -0.1) is 0 Å². The van der Waals surface area contributed by atoms with Gasteiger partial charge in [0.1, 0.15) is 5.82 Å². The minimum absolute atomic E-state index is 0.265. The lowest BCUT2D eigenvalue weighted by molar-refractivity contribution is -0.141. The summed E-state index contributed by atoms with van der Waals surface area (Å²) < 4.78 is 50.7. The molecule has 1 aromatic rings. The fraction of sp³-hybridized carbons (Fsp3) is 0.300. The third-order valence-electron chi connectivity index (χ3n) is 2.06. The molecule has 1 rings (SSSR count). The maximum absolute atomic E-state index is 13.4. The van der Waals surface area contributed by atoms with Crippen LogP contribution in [0, 0.1) is 12.7 Å². The summed E-state index contributed by atoms with van der Waals surface area (Å²) in [5.74, 6) is -2.88. The van der Waals surface area contributed by atoms with Crippen LogP contribution in [-0.2, 0) is 17.4 Å². The van der Waals surface area contributed by atoms with Gasteiger partial charge in [0.25, 0.3) is 0 Å². The quantitative estimate of drug-likeness (QED) is 0.801. The molecular formula is C10H8F4O2. The number of aliphatic carboxylic acids is 1. The van der Waals surface area contributed by atoms with E-state index in [9.17, 15) is 22.4 Å². The van der Waals surface area contributed by atoms with Crippen molar-refractivity contribution in [3.63, 3.8) is 0 Å². The fourth-order valence-corrected chi connectivity index (χ4v) is 1.36. The van der Waals surface area contributed by atoms with Crippen molar-refractivity contribution in [2.24, 2.45) is 0 Å². The summed E-state index contributed by atoms with van der Waals surface area (Å²) in [6, 6.07) is 2.11. The van der Waals surface area contributed by atoms with Crippen molar-refractivity contribution >= 4 is 5.97 Å². The highest BCUT2D eigenvalue weighted by atomic mass is 19.4. The van der Waals surface area contributed by atoms with Gasteiger partial charge in [0.2, 0.25) is 0 Å². The molecule has 1 aromatic carbocycles. The SMILES string of the molecule is Cc1ccc(CC(=O)O)c(F)c1C(F)(F)F. The first kappa shape index (κ1) is 12.5. The number of hydrogen-bond donors (Lipinski definition) is 1. The molecule has 1 N–H and O–H groups in total. The molecule has 16 heavy (non-hydrogen) atoms. The Labute approximate surface area is 88.5 Å². The minimum Gasteiger partial charge on any atom is -0.481 e. The molecule has 6 heteroatoms. The van der Waals surface area contributed by atoms with E-state index in [2.05, 4.69) is 0 Å². The van der Waals surface area contributed by atoms with E-state index in [0.29, 0.717) is 0 Å². The van der Waals surface area contributed by atoms with Crippen LogP contribution in [0.15, 0.2) is 12.1 Å². The number of carbonyl (C=O) groups is 1. The van der Waals surface area contributed by atoms with Gasteiger partial charge in [-0.05, 0) is 18.1 Å². The van der Waals surface area contributed by atoms with E-state index in [4.69, 9.17) is 5.11 Å². The summed E-state index contributed by atoms with van der Waals surface area (Å²) in [6.45, 7) is 1.12. The van der Waals surface area contributed by atoms with Crippen molar-refractivity contribution in [1.29, 1.82) is 0 Å². The third kappa shape index (κ3) is 2.50. The van der Waals surface area contributed by atoms with Gasteiger partial charge in [-0.2, -0.15) is 13.2 Å². The Kier molecular flexibility index (Phi) is 3.21. The molecular weight excluding hydrogens is 228 g/mol. The second-order valence-electron chi connectivity index (χ2n) is 3.30. The van der Waals surface area contributed by atoms with Gasteiger partial charge < -0.3 is 5.11 Å². The zero-order valence-electron chi connectivity index (χ0n) is 8.23. The minimum atomic E-state index is -4.82. The molecule has 0 amide bonds. The lowest BCUT2D eigenvalue weighted by Crippen LogP contribution is -2.14. The van der Waals surface area contributed by atoms with E-state index in [-0.39, 0.29) is 5.56 Å². The van der Waals surface area contributed by atoms with Gasteiger partial charge in [-0.1, -0.05) is 12.1 Å². The maximum atomic E-state index is 13.4. The molecule has 0 saturated carbocycles. The number of halogens is 4. The van der Waals surface area contributed by atoms with Crippen LogP contribution >= 0.6 is 0 Å². The Hall–Kier alpha value is -1.59. The summed E-state index contributed by atoms with van der Waals surface area (Å²) in [7, 11) is 0. The van der Waals surface area contributed by atoms with Gasteiger partial charge in [0, 0.05) is 0 Å². The molecule has 2 nitrogen and oxygen atoms in total. The second-order valence-corrected chi connectivity index (χ2v) is 3.30. The Morgan fingerprint density at radius 2 is 1.94 bits per heavy atom. The summed E-state index contributed by atoms with van der Waals surface area (Å²) in [5, 5.41) is 8.41. The zero-order valence-corrected chi connectivity index (χ0v) is 8.23. The summed E-state index contributed by atoms with van der Waals surface area (Å²) in [6.07, 6.45) is -5.59. The number of rotatable bonds is 2. The molecule has 0 atom stereocenters. The zero-order chi connectivity index (χ0) is 12.5. The van der Waals surface area contributed by atoms with Crippen LogP contribution in [0.3, 0.4) is 0 Å². The van der Waals surface area contributed by atoms with Crippen molar-refractivity contribution in [2.45, 2.75) is 19.5 Å². The smallest absolute Gasteiger partial charge is 0.419 e. The van der Waals surface area contributed by atoms with Crippen molar-refractivity contribution in [3.8, 4) is 0 Å². The highest BCUT2D eigenvalue weighted by Crippen LogP contribution is 2.35. The molecule has 0 unspecified atom stereocenters. The molecule has 0 saturated heterocycles. The van der Waals surface area contributed by atoms with Crippen LogP contribution in [0.2, 0.25) is 0 Å². The number of carboxylic acids is 1. The van der Waals surface area contributed by atoms with Crippen molar-refractivity contribution < 1.29 is 27.5 Å². The lowest BCUT2D eigenvalue weighted by Gasteiger charge is -2.13. The van der Waals surface area contributed by atoms with E-state index in [1.165, 1.54) is 0 Å². The average Bonchev–Trinajstić information content (AvgIpc) is 2.07. The third-order valence-corrected chi connectivity index (χ3v) is 2.06. The predicted molar refractivity (Wildman–Crippen MR) is 47.5 cm³/mol. The van der Waals surface area contributed by atoms with Crippen LogP contribution in [0.4, 0.5) is 17.6 Å². The van der Waals surface area contributed by atoms with Crippen LogP contribution < -0.4 is 0 Å². The van der Waals surface area contributed by atoms with Crippen molar-refractivity contribution in [3.05, 3.63) is 34.6 Å². The highest BCUT2D eigenvalue weighted by molar-refractivity contribution is 5.70. The van der Waals surface area contributed by atoms with Gasteiger partial charge >= 0.3 is 12.1 Å². The number of hydrogen-bond acceptors (Lipinski definition) is 1. The van der Waals surface area contributed by atoms with Crippen LogP contribution in [0.5, 0.6) is 0 Å². The van der Waals surface area contributed by atoms with Crippen molar-refractivity contribution in [1.82, 2.24) is 0 Å². The topological polar surface area (TPSA) is 37.3 Å². The number of carboxylic acid groups (broad SMARTS) is 1. The highest BCUT2D eigenvalue weighted by Gasteiger charge is 2.36. The van der Waals surface area contributed by atoms with Crippen LogP contribution in [0.1, 0.15) is 16.7 Å². The first-order valence-corrected chi connectivity index (χ1v) is 4.30. The molecule has 0 spiro atoms. The first-order valence-electron chi connectivity index (χ1n) is 4.30. The Balaban J connectivity index is 3.33. The van der Waals surface area contributed by atoms with Gasteiger partial charge in [0.15, 0.2) is 0 Å². The van der Waals surface area contributed by atoms with Gasteiger partial charge in [0.05, 0.1) is 12.0 Å². The van der Waals surface area contributed by atoms with E-state index in [0.717, 1.165) is 19.1 Å². The molecule has 0 bridgehead atoms. The average molecular weight is 236 g/mol. The molecule has 0 aliphatic carbocycles. The number of aryl methyl sites for hydroxylation is 1. The largest absolute Gasteiger partial charge is 0.481 e. The maximum Gasteiger partial charge on any atom is 0.419 e. The Morgan fingerprint density at radius 1 is 1.38 bits per heavy atom. The summed E-state index contributed by atoms with van der Waals surface area (Å²) >= 11 is 0. The first-order chi connectivity index (χ1) is 7.23. The summed E-state index contributed by atoms with van der Waals surface area (Å²) in [4.78, 5) is 10.3. The standard InChI is InChI=1S/C10H8F4O2/c1-5-2-3-6(4-7(15)16)9(11)8(5)10(12,13)14/h2-3H,4H2,1H3,(H,15,16). The van der Waals surface area contributed by atoms with Crippen LogP contribution in [0.25, 0.3) is 0 Å². The predicted octanol–water partition coefficient (Wildman–Crippen LogP) is 2.78. The number of benzene rings is 1.